The van der Waals surface area contributed by atoms with Gasteiger partial charge in [0.25, 0.3) is 0 Å². The summed E-state index contributed by atoms with van der Waals surface area (Å²) >= 11 is 0. The SMILES string of the molecule is CC(=O)/C(C)=C(/Cc1ccc(C)cc1)C(C)=O. The summed E-state index contributed by atoms with van der Waals surface area (Å²) in [5, 5.41) is 0. The molecule has 17 heavy (non-hydrogen) atoms. The normalized spacial score (nSPS) is 12.0. The fourth-order valence-electron chi connectivity index (χ4n) is 1.64. The zero-order valence-electron chi connectivity index (χ0n) is 10.8. The van der Waals surface area contributed by atoms with E-state index in [2.05, 4.69) is 0 Å². The largest absolute Gasteiger partial charge is 0.295 e. The number of Topliss-reactive ketones (excluding diaryl/α,β-unsaturated/α-hetero) is 2. The van der Waals surface area contributed by atoms with Crippen molar-refractivity contribution in [3.63, 3.8) is 0 Å². The monoisotopic (exact) mass is 230 g/mol. The van der Waals surface area contributed by atoms with Gasteiger partial charge >= 0.3 is 0 Å². The Balaban J connectivity index is 3.04. The van der Waals surface area contributed by atoms with Crippen molar-refractivity contribution in [2.45, 2.75) is 34.1 Å². The number of rotatable bonds is 4. The maximum atomic E-state index is 11.6. The van der Waals surface area contributed by atoms with E-state index in [1.807, 2.05) is 31.2 Å². The van der Waals surface area contributed by atoms with E-state index in [4.69, 9.17) is 0 Å². The second kappa shape index (κ2) is 5.58. The van der Waals surface area contributed by atoms with Crippen LogP contribution in [0.25, 0.3) is 0 Å². The molecular weight excluding hydrogens is 212 g/mol. The molecule has 0 saturated carbocycles. The lowest BCUT2D eigenvalue weighted by molar-refractivity contribution is -0.116. The molecular formula is C15H18O2. The van der Waals surface area contributed by atoms with Gasteiger partial charge in [-0.2, -0.15) is 0 Å². The van der Waals surface area contributed by atoms with Crippen LogP contribution in [-0.2, 0) is 16.0 Å². The summed E-state index contributed by atoms with van der Waals surface area (Å²) in [5.74, 6) is -0.0689. The standard InChI is InChI=1S/C15H18O2/c1-10-5-7-14(8-6-10)9-15(13(4)17)11(2)12(3)16/h5-8H,9H2,1-4H3/b15-11-. The van der Waals surface area contributed by atoms with Gasteiger partial charge in [0.15, 0.2) is 11.6 Å². The molecule has 0 aliphatic rings. The second-order valence-corrected chi connectivity index (χ2v) is 4.38. The Hall–Kier alpha value is -1.70. The Morgan fingerprint density at radius 3 is 1.88 bits per heavy atom. The highest BCUT2D eigenvalue weighted by Gasteiger charge is 2.12. The topological polar surface area (TPSA) is 34.1 Å². The lowest BCUT2D eigenvalue weighted by Gasteiger charge is -2.08. The predicted octanol–water partition coefficient (Wildman–Crippen LogP) is 3.03. The number of aryl methyl sites for hydroxylation is 1. The van der Waals surface area contributed by atoms with Gasteiger partial charge in [-0.3, -0.25) is 9.59 Å². The van der Waals surface area contributed by atoms with E-state index in [9.17, 15) is 9.59 Å². The van der Waals surface area contributed by atoms with Crippen LogP contribution in [0.4, 0.5) is 0 Å². The van der Waals surface area contributed by atoms with Crippen molar-refractivity contribution in [1.82, 2.24) is 0 Å². The molecule has 0 amide bonds. The molecule has 0 saturated heterocycles. The number of benzene rings is 1. The number of hydrogen-bond acceptors (Lipinski definition) is 2. The Morgan fingerprint density at radius 2 is 1.47 bits per heavy atom. The van der Waals surface area contributed by atoms with Crippen molar-refractivity contribution in [1.29, 1.82) is 0 Å². The molecule has 0 unspecified atom stereocenters. The molecule has 1 aromatic rings. The predicted molar refractivity (Wildman–Crippen MR) is 68.9 cm³/mol. The van der Waals surface area contributed by atoms with Crippen LogP contribution in [-0.4, -0.2) is 11.6 Å². The van der Waals surface area contributed by atoms with E-state index in [0.717, 1.165) is 5.56 Å². The quantitative estimate of drug-likeness (QED) is 0.745. The van der Waals surface area contributed by atoms with Gasteiger partial charge in [0.2, 0.25) is 0 Å². The van der Waals surface area contributed by atoms with Gasteiger partial charge in [-0.05, 0) is 38.8 Å². The molecule has 0 N–H and O–H groups in total. The van der Waals surface area contributed by atoms with Crippen LogP contribution in [0.2, 0.25) is 0 Å². The first-order chi connectivity index (χ1) is 7.91. The summed E-state index contributed by atoms with van der Waals surface area (Å²) in [6.45, 7) is 6.74. The van der Waals surface area contributed by atoms with Crippen molar-refractivity contribution in [3.05, 3.63) is 46.5 Å². The molecule has 0 fully saturated rings. The van der Waals surface area contributed by atoms with Gasteiger partial charge in [0.1, 0.15) is 0 Å². The lowest BCUT2D eigenvalue weighted by Crippen LogP contribution is -2.08. The molecule has 0 atom stereocenters. The highest BCUT2D eigenvalue weighted by Crippen LogP contribution is 2.15. The van der Waals surface area contributed by atoms with Gasteiger partial charge in [-0.1, -0.05) is 29.8 Å². The molecule has 0 aromatic heterocycles. The molecule has 1 aromatic carbocycles. The van der Waals surface area contributed by atoms with Crippen LogP contribution in [0.15, 0.2) is 35.4 Å². The maximum absolute atomic E-state index is 11.6. The summed E-state index contributed by atoms with van der Waals surface area (Å²) in [6, 6.07) is 8.00. The highest BCUT2D eigenvalue weighted by atomic mass is 16.1. The van der Waals surface area contributed by atoms with E-state index in [0.29, 0.717) is 17.6 Å². The minimum Gasteiger partial charge on any atom is -0.295 e. The molecule has 2 heteroatoms. The van der Waals surface area contributed by atoms with Crippen molar-refractivity contribution in [3.8, 4) is 0 Å². The van der Waals surface area contributed by atoms with Gasteiger partial charge < -0.3 is 0 Å². The van der Waals surface area contributed by atoms with Gasteiger partial charge in [-0.25, -0.2) is 0 Å². The third-order valence-electron chi connectivity index (χ3n) is 2.91. The molecule has 0 heterocycles. The van der Waals surface area contributed by atoms with Gasteiger partial charge in [-0.15, -0.1) is 0 Å². The minimum absolute atomic E-state index is 0.0294. The summed E-state index contributed by atoms with van der Waals surface area (Å²) < 4.78 is 0. The summed E-state index contributed by atoms with van der Waals surface area (Å²) in [4.78, 5) is 22.9. The number of carbonyl (C=O) groups excluding carboxylic acids is 2. The van der Waals surface area contributed by atoms with Crippen LogP contribution in [0.5, 0.6) is 0 Å². The summed E-state index contributed by atoms with van der Waals surface area (Å²) in [7, 11) is 0. The molecule has 0 radical (unpaired) electrons. The molecule has 90 valence electrons. The van der Waals surface area contributed by atoms with Crippen molar-refractivity contribution >= 4 is 11.6 Å². The molecule has 0 aliphatic heterocycles. The zero-order valence-corrected chi connectivity index (χ0v) is 10.8. The molecule has 0 aliphatic carbocycles. The average Bonchev–Trinajstić information content (AvgIpc) is 2.26. The molecule has 0 bridgehead atoms. The highest BCUT2D eigenvalue weighted by molar-refractivity contribution is 6.04. The van der Waals surface area contributed by atoms with Crippen LogP contribution >= 0.6 is 0 Å². The Labute approximate surface area is 102 Å². The third kappa shape index (κ3) is 3.66. The van der Waals surface area contributed by atoms with E-state index in [1.54, 1.807) is 6.92 Å². The fourth-order valence-corrected chi connectivity index (χ4v) is 1.64. The zero-order chi connectivity index (χ0) is 13.0. The smallest absolute Gasteiger partial charge is 0.156 e. The first kappa shape index (κ1) is 13.4. The minimum atomic E-state index is -0.0395. The fraction of sp³-hybridized carbons (Fsp3) is 0.333. The van der Waals surface area contributed by atoms with E-state index in [-0.39, 0.29) is 11.6 Å². The first-order valence-electron chi connectivity index (χ1n) is 5.69. The summed E-state index contributed by atoms with van der Waals surface area (Å²) in [5.41, 5.74) is 3.42. The number of carbonyl (C=O) groups is 2. The van der Waals surface area contributed by atoms with Gasteiger partial charge in [0, 0.05) is 12.0 Å². The average molecular weight is 230 g/mol. The Kier molecular flexibility index (Phi) is 4.38. The van der Waals surface area contributed by atoms with E-state index < -0.39 is 0 Å². The van der Waals surface area contributed by atoms with Crippen LogP contribution in [0.1, 0.15) is 31.9 Å². The van der Waals surface area contributed by atoms with Crippen molar-refractivity contribution in [2.24, 2.45) is 0 Å². The Bertz CT molecular complexity index is 464. The number of ketones is 2. The molecule has 2 nitrogen and oxygen atoms in total. The van der Waals surface area contributed by atoms with Crippen LogP contribution in [0.3, 0.4) is 0 Å². The van der Waals surface area contributed by atoms with E-state index >= 15 is 0 Å². The van der Waals surface area contributed by atoms with Crippen molar-refractivity contribution < 1.29 is 9.59 Å². The lowest BCUT2D eigenvalue weighted by atomic mass is 9.95. The second-order valence-electron chi connectivity index (χ2n) is 4.38. The molecule has 1 rings (SSSR count). The maximum Gasteiger partial charge on any atom is 0.156 e. The summed E-state index contributed by atoms with van der Waals surface area (Å²) in [6.07, 6.45) is 0.529. The van der Waals surface area contributed by atoms with Crippen LogP contribution < -0.4 is 0 Å². The molecule has 0 spiro atoms. The Morgan fingerprint density at radius 1 is 0.941 bits per heavy atom. The van der Waals surface area contributed by atoms with E-state index in [1.165, 1.54) is 19.4 Å². The van der Waals surface area contributed by atoms with Gasteiger partial charge in [0.05, 0.1) is 0 Å². The van der Waals surface area contributed by atoms with Crippen LogP contribution in [0, 0.1) is 6.92 Å². The number of allylic oxidation sites excluding steroid dienone is 2. The van der Waals surface area contributed by atoms with Crippen molar-refractivity contribution in [2.75, 3.05) is 0 Å². The number of hydrogen-bond donors (Lipinski definition) is 0. The first-order valence-corrected chi connectivity index (χ1v) is 5.69. The third-order valence-corrected chi connectivity index (χ3v) is 2.91.